The van der Waals surface area contributed by atoms with Crippen LogP contribution in [0.3, 0.4) is 0 Å². The molecule has 0 bridgehead atoms. The highest BCUT2D eigenvalue weighted by atomic mass is 35.5. The number of aldehydes is 1. The molecule has 0 unspecified atom stereocenters. The first kappa shape index (κ1) is 10.3. The molecule has 0 aliphatic heterocycles. The Morgan fingerprint density at radius 2 is 2.08 bits per heavy atom. The summed E-state index contributed by atoms with van der Waals surface area (Å²) in [5, 5.41) is -0.608. The zero-order valence-electron chi connectivity index (χ0n) is 6.10. The quantitative estimate of drug-likeness (QED) is 0.572. The van der Waals surface area contributed by atoms with Crippen molar-refractivity contribution in [1.29, 1.82) is 0 Å². The molecule has 0 amide bonds. The van der Waals surface area contributed by atoms with Gasteiger partial charge in [0.05, 0.1) is 10.6 Å². The lowest BCUT2D eigenvalue weighted by atomic mass is 10.1. The summed E-state index contributed by atoms with van der Waals surface area (Å²) in [4.78, 5) is 13.8. The van der Waals surface area contributed by atoms with E-state index in [-0.39, 0.29) is 22.0 Å². The average Bonchev–Trinajstić information content (AvgIpc) is 2.08. The molecule has 1 aromatic heterocycles. The van der Waals surface area contributed by atoms with E-state index < -0.39 is 12.0 Å². The molecule has 0 atom stereocenters. The van der Waals surface area contributed by atoms with E-state index >= 15 is 0 Å². The second kappa shape index (κ2) is 3.98. The number of pyridine rings is 1. The standard InChI is InChI=1S/C7H3Cl2F2NO/c8-5-4(7(10)11)3(2-13)1-12-6(5)9/h1-2,7H. The van der Waals surface area contributed by atoms with Gasteiger partial charge in [-0.05, 0) is 0 Å². The number of hydrogen-bond acceptors (Lipinski definition) is 2. The predicted octanol–water partition coefficient (Wildman–Crippen LogP) is 3.14. The fourth-order valence-corrected chi connectivity index (χ4v) is 1.20. The third-order valence-electron chi connectivity index (χ3n) is 1.39. The van der Waals surface area contributed by atoms with Crippen LogP contribution in [0.25, 0.3) is 0 Å². The van der Waals surface area contributed by atoms with Crippen molar-refractivity contribution in [3.05, 3.63) is 27.5 Å². The lowest BCUT2D eigenvalue weighted by Crippen LogP contribution is -1.97. The SMILES string of the molecule is O=Cc1cnc(Cl)c(Cl)c1C(F)F. The molecule has 0 aromatic carbocycles. The average molecular weight is 226 g/mol. The van der Waals surface area contributed by atoms with Crippen molar-refractivity contribution in [2.24, 2.45) is 0 Å². The molecule has 0 radical (unpaired) electrons. The molecule has 1 heterocycles. The third kappa shape index (κ3) is 1.95. The van der Waals surface area contributed by atoms with Gasteiger partial charge in [0.25, 0.3) is 6.43 Å². The molecule has 70 valence electrons. The lowest BCUT2D eigenvalue weighted by molar-refractivity contribution is 0.110. The molecule has 0 N–H and O–H groups in total. The number of carbonyl (C=O) groups is 1. The number of halogens is 4. The summed E-state index contributed by atoms with van der Waals surface area (Å²) in [6, 6.07) is 0. The maximum absolute atomic E-state index is 12.3. The smallest absolute Gasteiger partial charge is 0.266 e. The Balaban J connectivity index is 3.41. The second-order valence-corrected chi connectivity index (χ2v) is 2.89. The van der Waals surface area contributed by atoms with Crippen LogP contribution in [0.15, 0.2) is 6.20 Å². The van der Waals surface area contributed by atoms with Crippen LogP contribution in [-0.4, -0.2) is 11.3 Å². The summed E-state index contributed by atoms with van der Waals surface area (Å²) in [7, 11) is 0. The maximum Gasteiger partial charge on any atom is 0.266 e. The summed E-state index contributed by atoms with van der Waals surface area (Å²) in [5.41, 5.74) is -0.818. The van der Waals surface area contributed by atoms with Gasteiger partial charge < -0.3 is 0 Å². The summed E-state index contributed by atoms with van der Waals surface area (Å²) in [5.74, 6) is 0. The minimum Gasteiger partial charge on any atom is -0.298 e. The van der Waals surface area contributed by atoms with Crippen LogP contribution in [0, 0.1) is 0 Å². The van der Waals surface area contributed by atoms with Crippen molar-refractivity contribution in [3.63, 3.8) is 0 Å². The van der Waals surface area contributed by atoms with Crippen molar-refractivity contribution in [2.45, 2.75) is 6.43 Å². The Kier molecular flexibility index (Phi) is 3.17. The van der Waals surface area contributed by atoms with Crippen LogP contribution in [0.4, 0.5) is 8.78 Å². The molecule has 0 saturated carbocycles. The first-order valence-electron chi connectivity index (χ1n) is 3.15. The normalized spacial score (nSPS) is 10.5. The van der Waals surface area contributed by atoms with Gasteiger partial charge in [0.15, 0.2) is 6.29 Å². The molecule has 6 heteroatoms. The van der Waals surface area contributed by atoms with Crippen molar-refractivity contribution in [1.82, 2.24) is 4.98 Å². The minimum absolute atomic E-state index is 0.234. The molecule has 2 nitrogen and oxygen atoms in total. The van der Waals surface area contributed by atoms with Gasteiger partial charge in [0.1, 0.15) is 5.15 Å². The summed E-state index contributed by atoms with van der Waals surface area (Å²) >= 11 is 10.8. The highest BCUT2D eigenvalue weighted by Crippen LogP contribution is 2.33. The molecule has 0 saturated heterocycles. The highest BCUT2D eigenvalue weighted by molar-refractivity contribution is 6.41. The van der Waals surface area contributed by atoms with Gasteiger partial charge in [-0.1, -0.05) is 23.2 Å². The van der Waals surface area contributed by atoms with Gasteiger partial charge in [-0.25, -0.2) is 13.8 Å². The van der Waals surface area contributed by atoms with E-state index in [1.54, 1.807) is 0 Å². The number of rotatable bonds is 2. The first-order valence-corrected chi connectivity index (χ1v) is 3.90. The van der Waals surface area contributed by atoms with Crippen molar-refractivity contribution in [3.8, 4) is 0 Å². The second-order valence-electron chi connectivity index (χ2n) is 2.15. The van der Waals surface area contributed by atoms with E-state index in [4.69, 9.17) is 23.2 Å². The molecule has 0 aliphatic rings. The molecule has 13 heavy (non-hydrogen) atoms. The largest absolute Gasteiger partial charge is 0.298 e. The monoisotopic (exact) mass is 225 g/mol. The molecule has 0 spiro atoms. The Bertz CT molecular complexity index is 344. The zero-order chi connectivity index (χ0) is 10.0. The highest BCUT2D eigenvalue weighted by Gasteiger charge is 2.19. The fraction of sp³-hybridized carbons (Fsp3) is 0.143. The van der Waals surface area contributed by atoms with E-state index in [0.29, 0.717) is 0 Å². The number of nitrogens with zero attached hydrogens (tertiary/aromatic N) is 1. The topological polar surface area (TPSA) is 30.0 Å². The van der Waals surface area contributed by atoms with E-state index in [0.717, 1.165) is 6.20 Å². The molecule has 0 aliphatic carbocycles. The van der Waals surface area contributed by atoms with E-state index in [2.05, 4.69) is 4.98 Å². The van der Waals surface area contributed by atoms with E-state index in [1.165, 1.54) is 0 Å². The van der Waals surface area contributed by atoms with Crippen LogP contribution in [0.1, 0.15) is 22.3 Å². The molecular formula is C7H3Cl2F2NO. The fourth-order valence-electron chi connectivity index (χ4n) is 0.806. The number of carbonyl (C=O) groups excluding carboxylic acids is 1. The van der Waals surface area contributed by atoms with Crippen LogP contribution in [0.2, 0.25) is 10.2 Å². The Labute approximate surface area is 82.5 Å². The Morgan fingerprint density at radius 1 is 1.46 bits per heavy atom. The van der Waals surface area contributed by atoms with Gasteiger partial charge in [0, 0.05) is 11.8 Å². The molecule has 1 rings (SSSR count). The van der Waals surface area contributed by atoms with Crippen LogP contribution >= 0.6 is 23.2 Å². The first-order chi connectivity index (χ1) is 6.07. The van der Waals surface area contributed by atoms with Gasteiger partial charge in [-0.15, -0.1) is 0 Å². The van der Waals surface area contributed by atoms with Gasteiger partial charge in [0.2, 0.25) is 0 Å². The number of hydrogen-bond donors (Lipinski definition) is 0. The summed E-state index contributed by atoms with van der Waals surface area (Å²) in [6.07, 6.45) is -1.62. The van der Waals surface area contributed by atoms with Gasteiger partial charge >= 0.3 is 0 Å². The summed E-state index contributed by atoms with van der Waals surface area (Å²) in [6.45, 7) is 0. The number of alkyl halides is 2. The van der Waals surface area contributed by atoms with Crippen LogP contribution in [0.5, 0.6) is 0 Å². The molecular weight excluding hydrogens is 223 g/mol. The molecule has 1 aromatic rings. The van der Waals surface area contributed by atoms with Gasteiger partial charge in [-0.2, -0.15) is 0 Å². The van der Waals surface area contributed by atoms with E-state index in [9.17, 15) is 13.6 Å². The zero-order valence-corrected chi connectivity index (χ0v) is 7.61. The number of aromatic nitrogens is 1. The summed E-state index contributed by atoms with van der Waals surface area (Å²) < 4.78 is 24.7. The predicted molar refractivity (Wildman–Crippen MR) is 44.6 cm³/mol. The van der Waals surface area contributed by atoms with Crippen LogP contribution in [-0.2, 0) is 0 Å². The Morgan fingerprint density at radius 3 is 2.54 bits per heavy atom. The Hall–Kier alpha value is -0.740. The third-order valence-corrected chi connectivity index (χ3v) is 2.16. The van der Waals surface area contributed by atoms with Crippen molar-refractivity contribution >= 4 is 29.5 Å². The van der Waals surface area contributed by atoms with Crippen LogP contribution < -0.4 is 0 Å². The minimum atomic E-state index is -2.84. The lowest BCUT2D eigenvalue weighted by Gasteiger charge is -2.05. The van der Waals surface area contributed by atoms with E-state index in [1.807, 2.05) is 0 Å². The van der Waals surface area contributed by atoms with Crippen molar-refractivity contribution in [2.75, 3.05) is 0 Å². The van der Waals surface area contributed by atoms with Gasteiger partial charge in [-0.3, -0.25) is 4.79 Å². The molecule has 0 fully saturated rings. The maximum atomic E-state index is 12.3. The van der Waals surface area contributed by atoms with Crippen molar-refractivity contribution < 1.29 is 13.6 Å².